The normalized spacial score (nSPS) is 32.4. The fourth-order valence-corrected chi connectivity index (χ4v) is 7.51. The number of allylic oxidation sites excluding steroid dienone is 1. The quantitative estimate of drug-likeness (QED) is 0.332. The Kier molecular flexibility index (Phi) is 9.65. The standard InChI is InChI=1S/C25H39ClN2O2S/c1-3-18(6-4-9-24(29)30)14-23-17(2)28(16-20-12-10-19(15-27)11-13-20)22-8-5-7-21(26)25(22)31-23/h8,18-21,23-25,29-30H,2-7,9-14,16H2,1H3. The van der Waals surface area contributed by atoms with Crippen LogP contribution in [0.25, 0.3) is 0 Å². The predicted molar refractivity (Wildman–Crippen MR) is 130 cm³/mol. The molecule has 31 heavy (non-hydrogen) atoms. The molecule has 0 radical (unpaired) electrons. The Hall–Kier alpha value is -0.670. The van der Waals surface area contributed by atoms with E-state index in [4.69, 9.17) is 11.6 Å². The summed E-state index contributed by atoms with van der Waals surface area (Å²) in [4.78, 5) is 2.50. The molecule has 2 aliphatic carbocycles. The monoisotopic (exact) mass is 466 g/mol. The Morgan fingerprint density at radius 3 is 2.65 bits per heavy atom. The number of nitriles is 1. The third-order valence-corrected chi connectivity index (χ3v) is 9.70. The van der Waals surface area contributed by atoms with E-state index in [9.17, 15) is 15.5 Å². The van der Waals surface area contributed by atoms with Gasteiger partial charge in [0.1, 0.15) is 0 Å². The largest absolute Gasteiger partial charge is 0.368 e. The second-order valence-electron chi connectivity index (χ2n) is 9.64. The average Bonchev–Trinajstić information content (AvgIpc) is 2.76. The Labute approximate surface area is 197 Å². The van der Waals surface area contributed by atoms with Gasteiger partial charge in [-0.05, 0) is 69.6 Å². The van der Waals surface area contributed by atoms with Crippen molar-refractivity contribution >= 4 is 23.4 Å². The van der Waals surface area contributed by atoms with E-state index in [2.05, 4.69) is 30.5 Å². The lowest BCUT2D eigenvalue weighted by Crippen LogP contribution is -2.45. The zero-order valence-corrected chi connectivity index (χ0v) is 20.5. The molecule has 4 atom stereocenters. The van der Waals surface area contributed by atoms with Crippen LogP contribution in [0.15, 0.2) is 24.0 Å². The van der Waals surface area contributed by atoms with Crippen molar-refractivity contribution in [1.29, 1.82) is 5.26 Å². The van der Waals surface area contributed by atoms with E-state index >= 15 is 0 Å². The summed E-state index contributed by atoms with van der Waals surface area (Å²) in [6, 6.07) is 2.45. The van der Waals surface area contributed by atoms with Crippen LogP contribution in [0.4, 0.5) is 0 Å². The third kappa shape index (κ3) is 6.67. The predicted octanol–water partition coefficient (Wildman–Crippen LogP) is 5.80. The summed E-state index contributed by atoms with van der Waals surface area (Å²) in [5.41, 5.74) is 2.60. The van der Waals surface area contributed by atoms with Gasteiger partial charge in [-0.1, -0.05) is 32.4 Å². The lowest BCUT2D eigenvalue weighted by molar-refractivity contribution is -0.0471. The van der Waals surface area contributed by atoms with Crippen LogP contribution in [-0.2, 0) is 0 Å². The molecule has 1 saturated carbocycles. The van der Waals surface area contributed by atoms with Gasteiger partial charge in [-0.15, -0.1) is 23.4 Å². The van der Waals surface area contributed by atoms with Gasteiger partial charge in [-0.25, -0.2) is 0 Å². The molecule has 2 fully saturated rings. The highest BCUT2D eigenvalue weighted by molar-refractivity contribution is 8.01. The van der Waals surface area contributed by atoms with Gasteiger partial charge in [-0.3, -0.25) is 0 Å². The Bertz CT molecular complexity index is 669. The van der Waals surface area contributed by atoms with E-state index in [0.717, 1.165) is 70.8 Å². The lowest BCUT2D eigenvalue weighted by Gasteiger charge is -2.48. The fraction of sp³-hybridized carbons (Fsp3) is 0.800. The summed E-state index contributed by atoms with van der Waals surface area (Å²) in [5.74, 6) is 1.42. The first-order valence-corrected chi connectivity index (χ1v) is 13.5. The van der Waals surface area contributed by atoms with Crippen molar-refractivity contribution in [2.24, 2.45) is 17.8 Å². The number of hydrogen-bond donors (Lipinski definition) is 2. The van der Waals surface area contributed by atoms with Crippen molar-refractivity contribution < 1.29 is 10.2 Å². The van der Waals surface area contributed by atoms with Gasteiger partial charge in [0.15, 0.2) is 6.29 Å². The Morgan fingerprint density at radius 1 is 1.26 bits per heavy atom. The maximum absolute atomic E-state index is 9.23. The smallest absolute Gasteiger partial charge is 0.151 e. The van der Waals surface area contributed by atoms with Crippen molar-refractivity contribution in [2.75, 3.05) is 6.54 Å². The summed E-state index contributed by atoms with van der Waals surface area (Å²) in [6.07, 6.45) is 12.1. The molecule has 3 rings (SSSR count). The molecule has 0 aromatic carbocycles. The van der Waals surface area contributed by atoms with Gasteiger partial charge < -0.3 is 15.1 Å². The molecule has 4 unspecified atom stereocenters. The number of aliphatic hydroxyl groups excluding tert-OH is 1. The summed E-state index contributed by atoms with van der Waals surface area (Å²) >= 11 is 8.83. The number of halogens is 1. The van der Waals surface area contributed by atoms with Gasteiger partial charge in [0, 0.05) is 29.1 Å². The van der Waals surface area contributed by atoms with E-state index in [1.807, 2.05) is 11.8 Å². The maximum atomic E-state index is 9.23. The van der Waals surface area contributed by atoms with E-state index in [-0.39, 0.29) is 11.3 Å². The highest BCUT2D eigenvalue weighted by Crippen LogP contribution is 2.48. The zero-order chi connectivity index (χ0) is 22.4. The van der Waals surface area contributed by atoms with Gasteiger partial charge in [-0.2, -0.15) is 5.26 Å². The minimum Gasteiger partial charge on any atom is -0.368 e. The molecule has 0 aromatic heterocycles. The van der Waals surface area contributed by atoms with Crippen LogP contribution in [-0.4, -0.2) is 43.8 Å². The molecule has 1 aliphatic heterocycles. The molecule has 2 N–H and O–H groups in total. The van der Waals surface area contributed by atoms with Crippen molar-refractivity contribution in [2.45, 2.75) is 99.7 Å². The molecule has 1 saturated heterocycles. The molecular weight excluding hydrogens is 428 g/mol. The molecule has 6 heteroatoms. The van der Waals surface area contributed by atoms with Crippen molar-refractivity contribution in [3.63, 3.8) is 0 Å². The molecule has 0 bridgehead atoms. The van der Waals surface area contributed by atoms with Crippen LogP contribution in [0.2, 0.25) is 0 Å². The molecule has 0 amide bonds. The van der Waals surface area contributed by atoms with Crippen LogP contribution in [0.5, 0.6) is 0 Å². The van der Waals surface area contributed by atoms with Gasteiger partial charge in [0.25, 0.3) is 0 Å². The number of alkyl halides is 1. The maximum Gasteiger partial charge on any atom is 0.151 e. The van der Waals surface area contributed by atoms with Crippen LogP contribution in [0.1, 0.15) is 77.6 Å². The number of aliphatic hydroxyl groups is 2. The Balaban J connectivity index is 1.68. The van der Waals surface area contributed by atoms with Gasteiger partial charge in [0.2, 0.25) is 0 Å². The summed E-state index contributed by atoms with van der Waals surface area (Å²) < 4.78 is 0. The first-order chi connectivity index (χ1) is 14.9. The topological polar surface area (TPSA) is 67.5 Å². The number of nitrogens with zero attached hydrogens (tertiary/aromatic N) is 2. The second kappa shape index (κ2) is 12.0. The minimum absolute atomic E-state index is 0.169. The van der Waals surface area contributed by atoms with Crippen LogP contribution in [0, 0.1) is 29.1 Å². The molecule has 3 aliphatic rings. The van der Waals surface area contributed by atoms with Crippen LogP contribution >= 0.6 is 23.4 Å². The van der Waals surface area contributed by atoms with Crippen molar-refractivity contribution in [3.05, 3.63) is 24.0 Å². The Morgan fingerprint density at radius 2 is 2.00 bits per heavy atom. The van der Waals surface area contributed by atoms with Crippen molar-refractivity contribution in [3.8, 4) is 6.07 Å². The first-order valence-electron chi connectivity index (χ1n) is 12.1. The van der Waals surface area contributed by atoms with E-state index in [1.165, 1.54) is 11.4 Å². The number of hydrogen-bond acceptors (Lipinski definition) is 5. The highest BCUT2D eigenvalue weighted by atomic mass is 35.5. The zero-order valence-electron chi connectivity index (χ0n) is 18.9. The molecule has 4 nitrogen and oxygen atoms in total. The average molecular weight is 467 g/mol. The molecule has 0 aromatic rings. The van der Waals surface area contributed by atoms with E-state index < -0.39 is 6.29 Å². The first kappa shape index (κ1) is 25.0. The molecule has 0 spiro atoms. The molecule has 1 heterocycles. The van der Waals surface area contributed by atoms with Gasteiger partial charge >= 0.3 is 0 Å². The summed E-state index contributed by atoms with van der Waals surface area (Å²) in [6.45, 7) is 7.82. The summed E-state index contributed by atoms with van der Waals surface area (Å²) in [7, 11) is 0. The van der Waals surface area contributed by atoms with Gasteiger partial charge in [0.05, 0.1) is 16.7 Å². The number of fused-ring (bicyclic) bond motifs is 1. The second-order valence-corrected chi connectivity index (χ2v) is 11.5. The van der Waals surface area contributed by atoms with Crippen molar-refractivity contribution in [1.82, 2.24) is 4.90 Å². The number of rotatable bonds is 9. The highest BCUT2D eigenvalue weighted by Gasteiger charge is 2.41. The third-order valence-electron chi connectivity index (χ3n) is 7.43. The molecular formula is C25H39ClN2O2S. The fourth-order valence-electron chi connectivity index (χ4n) is 5.38. The van der Waals surface area contributed by atoms with Crippen LogP contribution < -0.4 is 0 Å². The lowest BCUT2D eigenvalue weighted by atomic mass is 9.82. The summed E-state index contributed by atoms with van der Waals surface area (Å²) in [5, 5.41) is 28.4. The van der Waals surface area contributed by atoms with E-state index in [1.54, 1.807) is 0 Å². The molecule has 174 valence electrons. The van der Waals surface area contributed by atoms with E-state index in [0.29, 0.717) is 28.8 Å². The van der Waals surface area contributed by atoms with Crippen LogP contribution in [0.3, 0.4) is 0 Å². The minimum atomic E-state index is -1.20. The SMILES string of the molecule is C=C1C(CC(CC)CCCC(O)O)SC2C(=CCCC2Cl)N1CC1CCC(C#N)CC1. The number of thioether (sulfide) groups is 1.